The molecule has 1 N–H and O–H groups in total. The summed E-state index contributed by atoms with van der Waals surface area (Å²) in [5.74, 6) is -1.08. The van der Waals surface area contributed by atoms with Crippen LogP contribution in [0.2, 0.25) is 0 Å². The fourth-order valence-corrected chi connectivity index (χ4v) is 3.58. The number of halogens is 5. The van der Waals surface area contributed by atoms with Gasteiger partial charge in [0.2, 0.25) is 0 Å². The quantitative estimate of drug-likeness (QED) is 0.468. The van der Waals surface area contributed by atoms with Gasteiger partial charge in [0.1, 0.15) is 5.69 Å². The number of nitrogens with one attached hydrogen (secondary N) is 1. The number of hydrogen-bond acceptors (Lipinski definition) is 7. The third-order valence-corrected chi connectivity index (χ3v) is 5.59. The summed E-state index contributed by atoms with van der Waals surface area (Å²) in [6.45, 7) is -1.52. The van der Waals surface area contributed by atoms with Crippen molar-refractivity contribution in [2.45, 2.75) is 44.0 Å². The van der Waals surface area contributed by atoms with Gasteiger partial charge in [0.25, 0.3) is 5.91 Å². The first-order valence-corrected chi connectivity index (χ1v) is 10.6. The number of hydrogen-bond donors (Lipinski definition) is 1. The molecule has 1 aromatic carbocycles. The molecule has 13 heteroatoms. The summed E-state index contributed by atoms with van der Waals surface area (Å²) < 4.78 is 69.4. The standard InChI is InChI=1S/C23H17F5N6O2/c1-12(17-18(31-5-4-30-17)19-32-9-16(10-33-19)36-21(24)25)34-20(35)13-6-14(22(11-29)2-3-22)8-15(7-13)23(26,27)28/h4-10,12,21H,2-3H2,1H3,(H,34,35). The van der Waals surface area contributed by atoms with Crippen LogP contribution in [-0.2, 0) is 11.6 Å². The van der Waals surface area contributed by atoms with Gasteiger partial charge in [-0.1, -0.05) is 0 Å². The second kappa shape index (κ2) is 9.44. The van der Waals surface area contributed by atoms with Gasteiger partial charge in [0, 0.05) is 18.0 Å². The first-order chi connectivity index (χ1) is 17.0. The summed E-state index contributed by atoms with van der Waals surface area (Å²) in [4.78, 5) is 29.2. The van der Waals surface area contributed by atoms with Gasteiger partial charge in [-0.15, -0.1) is 0 Å². The summed E-state index contributed by atoms with van der Waals surface area (Å²) in [5, 5.41) is 12.0. The SMILES string of the molecule is CC(NC(=O)c1cc(C(F)(F)F)cc(C2(C#N)CC2)c1)c1nccnc1-c1ncc(OC(F)F)cn1. The normalized spacial score (nSPS) is 15.2. The average molecular weight is 504 g/mol. The lowest BCUT2D eigenvalue weighted by Crippen LogP contribution is -2.28. The molecule has 0 aliphatic heterocycles. The van der Waals surface area contributed by atoms with Crippen LogP contribution in [0.25, 0.3) is 11.5 Å². The molecule has 1 atom stereocenters. The predicted octanol–water partition coefficient (Wildman–Crippen LogP) is 4.60. The van der Waals surface area contributed by atoms with E-state index in [4.69, 9.17) is 0 Å². The number of benzene rings is 1. The van der Waals surface area contributed by atoms with E-state index >= 15 is 0 Å². The molecule has 8 nitrogen and oxygen atoms in total. The molecule has 1 unspecified atom stereocenters. The lowest BCUT2D eigenvalue weighted by atomic mass is 9.93. The van der Waals surface area contributed by atoms with Crippen molar-refractivity contribution in [3.05, 3.63) is 65.4 Å². The molecule has 0 saturated heterocycles. The third kappa shape index (κ3) is 5.22. The average Bonchev–Trinajstić information content (AvgIpc) is 3.65. The minimum Gasteiger partial charge on any atom is -0.432 e. The van der Waals surface area contributed by atoms with Gasteiger partial charge in [0.05, 0.1) is 41.2 Å². The Bertz CT molecular complexity index is 1320. The largest absolute Gasteiger partial charge is 0.432 e. The summed E-state index contributed by atoms with van der Waals surface area (Å²) in [6, 6.07) is 4.09. The molecule has 1 aliphatic rings. The Morgan fingerprint density at radius 3 is 2.36 bits per heavy atom. The number of nitrogens with zero attached hydrogens (tertiary/aromatic N) is 5. The van der Waals surface area contributed by atoms with Crippen molar-refractivity contribution in [3.8, 4) is 23.3 Å². The Morgan fingerprint density at radius 2 is 1.78 bits per heavy atom. The van der Waals surface area contributed by atoms with Gasteiger partial charge in [0.15, 0.2) is 11.6 Å². The summed E-state index contributed by atoms with van der Waals surface area (Å²) in [5.41, 5.74) is -1.87. The molecular weight excluding hydrogens is 487 g/mol. The lowest BCUT2D eigenvalue weighted by Gasteiger charge is -2.18. The fourth-order valence-electron chi connectivity index (χ4n) is 3.58. The van der Waals surface area contributed by atoms with Gasteiger partial charge >= 0.3 is 12.8 Å². The van der Waals surface area contributed by atoms with Crippen molar-refractivity contribution >= 4 is 5.91 Å². The number of ether oxygens (including phenoxy) is 1. The minimum atomic E-state index is -4.71. The van der Waals surface area contributed by atoms with E-state index in [9.17, 15) is 32.0 Å². The van der Waals surface area contributed by atoms with Crippen LogP contribution in [0.1, 0.15) is 53.0 Å². The zero-order chi connectivity index (χ0) is 26.1. The molecule has 0 bridgehead atoms. The van der Waals surface area contributed by atoms with Gasteiger partial charge in [-0.25, -0.2) is 15.0 Å². The molecule has 2 heterocycles. The van der Waals surface area contributed by atoms with E-state index in [-0.39, 0.29) is 34.1 Å². The molecule has 186 valence electrons. The Kier molecular flexibility index (Phi) is 6.53. The zero-order valence-electron chi connectivity index (χ0n) is 18.6. The van der Waals surface area contributed by atoms with Crippen LogP contribution in [0.4, 0.5) is 22.0 Å². The van der Waals surface area contributed by atoms with E-state index in [2.05, 4.69) is 30.0 Å². The second-order valence-corrected chi connectivity index (χ2v) is 8.10. The molecule has 3 aromatic rings. The number of carbonyl (C=O) groups excluding carboxylic acids is 1. The number of alkyl halides is 5. The van der Waals surface area contributed by atoms with Crippen LogP contribution in [0.3, 0.4) is 0 Å². The first kappa shape index (κ1) is 24.9. The number of nitriles is 1. The fraction of sp³-hybridized carbons (Fsp3) is 0.304. The van der Waals surface area contributed by atoms with E-state index in [0.717, 1.165) is 24.5 Å². The Labute approximate surface area is 201 Å². The molecule has 1 fully saturated rings. The van der Waals surface area contributed by atoms with Crippen LogP contribution in [-0.4, -0.2) is 32.5 Å². The van der Waals surface area contributed by atoms with Crippen LogP contribution in [0.15, 0.2) is 43.0 Å². The zero-order valence-corrected chi connectivity index (χ0v) is 18.6. The smallest absolute Gasteiger partial charge is 0.416 e. The van der Waals surface area contributed by atoms with Crippen molar-refractivity contribution in [1.29, 1.82) is 5.26 Å². The molecule has 2 aromatic heterocycles. The number of carbonyl (C=O) groups is 1. The maximum Gasteiger partial charge on any atom is 0.416 e. The van der Waals surface area contributed by atoms with Crippen LogP contribution in [0.5, 0.6) is 5.75 Å². The van der Waals surface area contributed by atoms with E-state index in [1.165, 1.54) is 25.4 Å². The van der Waals surface area contributed by atoms with Crippen LogP contribution in [0, 0.1) is 11.3 Å². The predicted molar refractivity (Wildman–Crippen MR) is 114 cm³/mol. The maximum atomic E-state index is 13.5. The molecule has 1 aliphatic carbocycles. The maximum absolute atomic E-state index is 13.5. The summed E-state index contributed by atoms with van der Waals surface area (Å²) in [6.07, 6.45) is 0.807. The van der Waals surface area contributed by atoms with Crippen molar-refractivity contribution in [1.82, 2.24) is 25.3 Å². The molecule has 4 rings (SSSR count). The monoisotopic (exact) mass is 504 g/mol. The van der Waals surface area contributed by atoms with E-state index < -0.39 is 35.7 Å². The van der Waals surface area contributed by atoms with Crippen molar-refractivity contribution < 1.29 is 31.5 Å². The molecule has 0 spiro atoms. The highest BCUT2D eigenvalue weighted by molar-refractivity contribution is 5.95. The summed E-state index contributed by atoms with van der Waals surface area (Å²) >= 11 is 0. The first-order valence-electron chi connectivity index (χ1n) is 10.6. The third-order valence-electron chi connectivity index (χ3n) is 5.59. The van der Waals surface area contributed by atoms with E-state index in [1.54, 1.807) is 0 Å². The Balaban J connectivity index is 1.61. The molecular formula is C23H17F5N6O2. The minimum absolute atomic E-state index is 0.00636. The van der Waals surface area contributed by atoms with Crippen LogP contribution < -0.4 is 10.1 Å². The number of aromatic nitrogens is 4. The van der Waals surface area contributed by atoms with Gasteiger partial charge in [-0.2, -0.15) is 27.2 Å². The van der Waals surface area contributed by atoms with Gasteiger partial charge in [-0.3, -0.25) is 9.78 Å². The van der Waals surface area contributed by atoms with E-state index in [0.29, 0.717) is 12.8 Å². The molecule has 36 heavy (non-hydrogen) atoms. The highest BCUT2D eigenvalue weighted by Gasteiger charge is 2.46. The van der Waals surface area contributed by atoms with Crippen molar-refractivity contribution in [2.75, 3.05) is 0 Å². The van der Waals surface area contributed by atoms with Crippen molar-refractivity contribution in [2.24, 2.45) is 0 Å². The highest BCUT2D eigenvalue weighted by Crippen LogP contribution is 2.48. The van der Waals surface area contributed by atoms with Gasteiger partial charge in [-0.05, 0) is 43.5 Å². The number of rotatable bonds is 7. The topological polar surface area (TPSA) is 114 Å². The highest BCUT2D eigenvalue weighted by atomic mass is 19.4. The molecule has 0 radical (unpaired) electrons. The van der Waals surface area contributed by atoms with E-state index in [1.807, 2.05) is 6.07 Å². The summed E-state index contributed by atoms with van der Waals surface area (Å²) in [7, 11) is 0. The lowest BCUT2D eigenvalue weighted by molar-refractivity contribution is -0.137. The molecule has 1 amide bonds. The van der Waals surface area contributed by atoms with Crippen molar-refractivity contribution in [3.63, 3.8) is 0 Å². The Hall–Kier alpha value is -4.21. The second-order valence-electron chi connectivity index (χ2n) is 8.10. The Morgan fingerprint density at radius 1 is 1.11 bits per heavy atom. The van der Waals surface area contributed by atoms with Gasteiger partial charge < -0.3 is 10.1 Å². The molecule has 1 saturated carbocycles. The van der Waals surface area contributed by atoms with Crippen LogP contribution >= 0.6 is 0 Å². The number of amides is 1.